The third-order valence-corrected chi connectivity index (χ3v) is 10.6. The highest BCUT2D eigenvalue weighted by atomic mass is 16.3. The van der Waals surface area contributed by atoms with Crippen LogP contribution in [0.25, 0.3) is 0 Å². The Morgan fingerprint density at radius 1 is 1.06 bits per heavy atom. The van der Waals surface area contributed by atoms with Crippen LogP contribution in [0.4, 0.5) is 0 Å². The SMILES string of the molecule is C=N/C=C(/C)N(C)CC(=O)[C@H]1CC[C@H]2[C@@H]3CC[C@H]4C[C@](C)(O)CC[C@]4(C)[C@H]3CC[C@]12C. The van der Waals surface area contributed by atoms with E-state index in [0.717, 1.165) is 36.8 Å². The second kappa shape index (κ2) is 8.01. The van der Waals surface area contributed by atoms with Crippen LogP contribution in [0.1, 0.15) is 85.5 Å². The molecule has 31 heavy (non-hydrogen) atoms. The van der Waals surface area contributed by atoms with Gasteiger partial charge in [0, 0.05) is 24.9 Å². The molecule has 4 nitrogen and oxygen atoms in total. The van der Waals surface area contributed by atoms with Gasteiger partial charge < -0.3 is 10.0 Å². The van der Waals surface area contributed by atoms with Gasteiger partial charge in [-0.2, -0.15) is 0 Å². The summed E-state index contributed by atoms with van der Waals surface area (Å²) in [6.45, 7) is 13.0. The van der Waals surface area contributed by atoms with Crippen molar-refractivity contribution >= 4 is 12.5 Å². The second-order valence-corrected chi connectivity index (χ2v) is 12.3. The fourth-order valence-corrected chi connectivity index (χ4v) is 8.66. The number of allylic oxidation sites excluding steroid dienone is 1. The van der Waals surface area contributed by atoms with Gasteiger partial charge in [0.15, 0.2) is 5.78 Å². The quantitative estimate of drug-likeness (QED) is 0.592. The van der Waals surface area contributed by atoms with Crippen LogP contribution in [0.5, 0.6) is 0 Å². The first-order valence-electron chi connectivity index (χ1n) is 12.6. The molecule has 0 spiro atoms. The molecule has 0 bridgehead atoms. The van der Waals surface area contributed by atoms with E-state index in [1.807, 2.05) is 25.8 Å². The standard InChI is InChI=1S/C27H44N2O2/c1-18(16-28-5)29(6)17-24(30)23-10-9-21-20-8-7-19-15-25(2,31)13-14-26(19,3)22(20)11-12-27(21,23)4/h16,19-23,31H,5,7-15,17H2,1-4,6H3/b18-16-/t19-,20-,21-,22-,23+,25+,26-,27-/m0/s1. The number of likely N-dealkylation sites (N-methyl/N-ethyl adjacent to an activating group) is 1. The van der Waals surface area contributed by atoms with Crippen LogP contribution in [-0.2, 0) is 4.79 Å². The first-order chi connectivity index (χ1) is 14.5. The van der Waals surface area contributed by atoms with Crippen LogP contribution in [0, 0.1) is 40.4 Å². The lowest BCUT2D eigenvalue weighted by atomic mass is 9.44. The molecular formula is C27H44N2O2. The van der Waals surface area contributed by atoms with Crippen LogP contribution in [-0.4, -0.2) is 41.7 Å². The topological polar surface area (TPSA) is 52.9 Å². The fraction of sp³-hybridized carbons (Fsp3) is 0.852. The molecule has 4 aliphatic rings. The summed E-state index contributed by atoms with van der Waals surface area (Å²) < 4.78 is 0. The summed E-state index contributed by atoms with van der Waals surface area (Å²) in [5.74, 6) is 3.52. The van der Waals surface area contributed by atoms with E-state index in [4.69, 9.17) is 0 Å². The lowest BCUT2D eigenvalue weighted by Crippen LogP contribution is -2.55. The third kappa shape index (κ3) is 3.81. The molecule has 0 amide bonds. The average molecular weight is 429 g/mol. The maximum atomic E-state index is 13.4. The molecule has 4 fully saturated rings. The van der Waals surface area contributed by atoms with Crippen LogP contribution < -0.4 is 0 Å². The predicted molar refractivity (Wildman–Crippen MR) is 127 cm³/mol. The van der Waals surface area contributed by atoms with Crippen molar-refractivity contribution in [2.75, 3.05) is 13.6 Å². The number of aliphatic imine (C=N–C) groups is 1. The van der Waals surface area contributed by atoms with Crippen molar-refractivity contribution in [3.8, 4) is 0 Å². The molecule has 0 aromatic heterocycles. The molecule has 4 aliphatic carbocycles. The Bertz CT molecular complexity index is 758. The number of carbonyl (C=O) groups excluding carboxylic acids is 1. The van der Waals surface area contributed by atoms with Gasteiger partial charge in [-0.05, 0) is 113 Å². The van der Waals surface area contributed by atoms with Crippen molar-refractivity contribution in [2.45, 2.75) is 91.1 Å². The normalized spacial score (nSPS) is 47.2. The Balaban J connectivity index is 1.50. The molecule has 4 rings (SSSR count). The Morgan fingerprint density at radius 2 is 1.77 bits per heavy atom. The highest BCUT2D eigenvalue weighted by Gasteiger charge is 2.61. The summed E-state index contributed by atoms with van der Waals surface area (Å²) in [7, 11) is 1.99. The Labute approximate surface area is 189 Å². The first kappa shape index (κ1) is 23.0. The molecule has 0 aromatic carbocycles. The van der Waals surface area contributed by atoms with Gasteiger partial charge in [0.05, 0.1) is 12.1 Å². The second-order valence-electron chi connectivity index (χ2n) is 12.3. The first-order valence-corrected chi connectivity index (χ1v) is 12.6. The minimum atomic E-state index is -0.467. The molecule has 1 N–H and O–H groups in total. The highest BCUT2D eigenvalue weighted by Crippen LogP contribution is 2.68. The summed E-state index contributed by atoms with van der Waals surface area (Å²) in [4.78, 5) is 19.3. The zero-order chi connectivity index (χ0) is 22.6. The zero-order valence-corrected chi connectivity index (χ0v) is 20.5. The van der Waals surface area contributed by atoms with Gasteiger partial charge >= 0.3 is 0 Å². The maximum Gasteiger partial charge on any atom is 0.155 e. The van der Waals surface area contributed by atoms with Gasteiger partial charge in [-0.25, -0.2) is 0 Å². The third-order valence-electron chi connectivity index (χ3n) is 10.6. The molecule has 174 valence electrons. The van der Waals surface area contributed by atoms with E-state index in [1.54, 1.807) is 6.20 Å². The number of aliphatic hydroxyl groups is 1. The van der Waals surface area contributed by atoms with Gasteiger partial charge in [0.2, 0.25) is 0 Å². The minimum Gasteiger partial charge on any atom is -0.390 e. The highest BCUT2D eigenvalue weighted by molar-refractivity contribution is 5.84. The average Bonchev–Trinajstić information content (AvgIpc) is 3.06. The summed E-state index contributed by atoms with van der Waals surface area (Å²) in [6, 6.07) is 0. The number of Topliss-reactive ketones (excluding diaryl/α,β-unsaturated/α-hetero) is 1. The van der Waals surface area contributed by atoms with E-state index >= 15 is 0 Å². The van der Waals surface area contributed by atoms with Gasteiger partial charge in [0.1, 0.15) is 0 Å². The molecule has 0 heterocycles. The Morgan fingerprint density at radius 3 is 2.48 bits per heavy atom. The fourth-order valence-electron chi connectivity index (χ4n) is 8.66. The number of ketones is 1. The van der Waals surface area contributed by atoms with Crippen molar-refractivity contribution in [3.63, 3.8) is 0 Å². The smallest absolute Gasteiger partial charge is 0.155 e. The molecule has 0 saturated heterocycles. The Hall–Kier alpha value is -1.16. The molecule has 0 unspecified atom stereocenters. The van der Waals surface area contributed by atoms with Crippen molar-refractivity contribution in [3.05, 3.63) is 11.9 Å². The van der Waals surface area contributed by atoms with Crippen molar-refractivity contribution < 1.29 is 9.90 Å². The van der Waals surface area contributed by atoms with Gasteiger partial charge in [-0.3, -0.25) is 9.79 Å². The molecule has 8 atom stereocenters. The minimum absolute atomic E-state index is 0.163. The van der Waals surface area contributed by atoms with Crippen LogP contribution >= 0.6 is 0 Å². The molecule has 4 saturated carbocycles. The number of hydrogen-bond donors (Lipinski definition) is 1. The van der Waals surface area contributed by atoms with Crippen molar-refractivity contribution in [1.29, 1.82) is 0 Å². The number of nitrogens with zero attached hydrogens (tertiary/aromatic N) is 2. The van der Waals surface area contributed by atoms with Crippen LogP contribution in [0.2, 0.25) is 0 Å². The van der Waals surface area contributed by atoms with E-state index in [9.17, 15) is 9.90 Å². The molecule has 0 aromatic rings. The molecular weight excluding hydrogens is 384 g/mol. The lowest BCUT2D eigenvalue weighted by molar-refractivity contribution is -0.150. The largest absolute Gasteiger partial charge is 0.390 e. The van der Waals surface area contributed by atoms with Crippen LogP contribution in [0.15, 0.2) is 16.9 Å². The molecule has 0 radical (unpaired) electrons. The van der Waals surface area contributed by atoms with Crippen molar-refractivity contribution in [1.82, 2.24) is 4.90 Å². The zero-order valence-electron chi connectivity index (χ0n) is 20.5. The maximum absolute atomic E-state index is 13.4. The number of carbonyl (C=O) groups is 1. The number of rotatable bonds is 5. The number of hydrogen-bond acceptors (Lipinski definition) is 4. The molecule has 0 aliphatic heterocycles. The van der Waals surface area contributed by atoms with E-state index in [1.165, 1.54) is 38.5 Å². The monoisotopic (exact) mass is 428 g/mol. The van der Waals surface area contributed by atoms with Gasteiger partial charge in [-0.15, -0.1) is 0 Å². The van der Waals surface area contributed by atoms with E-state index in [-0.39, 0.29) is 11.3 Å². The van der Waals surface area contributed by atoms with Gasteiger partial charge in [0.25, 0.3) is 0 Å². The summed E-state index contributed by atoms with van der Waals surface area (Å²) in [6.07, 6.45) is 12.2. The van der Waals surface area contributed by atoms with Crippen molar-refractivity contribution in [2.24, 2.45) is 45.4 Å². The van der Waals surface area contributed by atoms with E-state index < -0.39 is 5.60 Å². The van der Waals surface area contributed by atoms with Gasteiger partial charge in [-0.1, -0.05) is 13.8 Å². The van der Waals surface area contributed by atoms with E-state index in [0.29, 0.717) is 29.6 Å². The van der Waals surface area contributed by atoms with E-state index in [2.05, 4.69) is 25.6 Å². The predicted octanol–water partition coefficient (Wildman–Crippen LogP) is 5.46. The summed E-state index contributed by atoms with van der Waals surface area (Å²) >= 11 is 0. The Kier molecular flexibility index (Phi) is 5.94. The molecule has 4 heteroatoms. The number of fused-ring (bicyclic) bond motifs is 5. The lowest BCUT2D eigenvalue weighted by Gasteiger charge is -2.61. The summed E-state index contributed by atoms with van der Waals surface area (Å²) in [5.41, 5.74) is 1.07. The summed E-state index contributed by atoms with van der Waals surface area (Å²) in [5, 5.41) is 10.7. The van der Waals surface area contributed by atoms with Crippen LogP contribution in [0.3, 0.4) is 0 Å².